The van der Waals surface area contributed by atoms with Crippen LogP contribution in [0.3, 0.4) is 0 Å². The van der Waals surface area contributed by atoms with Crippen LogP contribution in [0.25, 0.3) is 0 Å². The van der Waals surface area contributed by atoms with E-state index in [2.05, 4.69) is 27.7 Å². The minimum absolute atomic E-state index is 0.259. The minimum atomic E-state index is -3.17. The van der Waals surface area contributed by atoms with E-state index in [1.54, 1.807) is 24.3 Å². The first-order valence-corrected chi connectivity index (χ1v) is 12.6. The molecule has 0 aliphatic rings. The van der Waals surface area contributed by atoms with Crippen molar-refractivity contribution in [1.82, 2.24) is 0 Å². The molecule has 0 N–H and O–H groups in total. The van der Waals surface area contributed by atoms with Crippen molar-refractivity contribution < 1.29 is 13.2 Å². The largest absolute Gasteiger partial charge is 0.488 e. The van der Waals surface area contributed by atoms with E-state index in [-0.39, 0.29) is 5.60 Å². The van der Waals surface area contributed by atoms with Gasteiger partial charge in [-0.25, -0.2) is 8.42 Å². The summed E-state index contributed by atoms with van der Waals surface area (Å²) in [4.78, 5) is 0.335. The van der Waals surface area contributed by atoms with Crippen molar-refractivity contribution in [3.63, 3.8) is 0 Å². The standard InChI is InChI=1S/C23H40O3S/c1-6-8-10-11-12-13-15-20(14-9-7-2)23(3,4)26-21-16-18-22(19-17-21)27(5,24)25/h16-20H,6-15H2,1-5H3. The second-order valence-corrected chi connectivity index (χ2v) is 10.4. The van der Waals surface area contributed by atoms with Crippen LogP contribution in [0.1, 0.15) is 91.9 Å². The second kappa shape index (κ2) is 11.7. The third-order valence-electron chi connectivity index (χ3n) is 5.43. The molecule has 0 aliphatic carbocycles. The molecule has 0 saturated heterocycles. The van der Waals surface area contributed by atoms with Gasteiger partial charge in [-0.2, -0.15) is 0 Å². The number of ether oxygens (including phenoxy) is 1. The maximum Gasteiger partial charge on any atom is 0.175 e. The first-order chi connectivity index (χ1) is 12.7. The van der Waals surface area contributed by atoms with E-state index >= 15 is 0 Å². The fourth-order valence-corrected chi connectivity index (χ4v) is 4.23. The quantitative estimate of drug-likeness (QED) is 0.325. The van der Waals surface area contributed by atoms with Crippen LogP contribution in [0, 0.1) is 5.92 Å². The highest BCUT2D eigenvalue weighted by Crippen LogP contribution is 2.33. The van der Waals surface area contributed by atoms with Crippen LogP contribution >= 0.6 is 0 Å². The van der Waals surface area contributed by atoms with Crippen molar-refractivity contribution in [1.29, 1.82) is 0 Å². The molecule has 0 saturated carbocycles. The summed E-state index contributed by atoms with van der Waals surface area (Å²) in [6.45, 7) is 8.84. The van der Waals surface area contributed by atoms with E-state index < -0.39 is 9.84 Å². The van der Waals surface area contributed by atoms with Gasteiger partial charge in [-0.1, -0.05) is 65.2 Å². The highest BCUT2D eigenvalue weighted by molar-refractivity contribution is 7.90. The highest BCUT2D eigenvalue weighted by atomic mass is 32.2. The molecule has 0 heterocycles. The normalized spacial score (nSPS) is 13.5. The molecule has 1 atom stereocenters. The van der Waals surface area contributed by atoms with Crippen LogP contribution in [-0.2, 0) is 9.84 Å². The predicted molar refractivity (Wildman–Crippen MR) is 115 cm³/mol. The Bertz CT molecular complexity index is 618. The monoisotopic (exact) mass is 396 g/mol. The number of hydrogen-bond acceptors (Lipinski definition) is 3. The smallest absolute Gasteiger partial charge is 0.175 e. The Morgan fingerprint density at radius 3 is 1.93 bits per heavy atom. The number of unbranched alkanes of at least 4 members (excludes halogenated alkanes) is 6. The summed E-state index contributed by atoms with van der Waals surface area (Å²) in [5.74, 6) is 1.26. The van der Waals surface area contributed by atoms with Gasteiger partial charge in [0.15, 0.2) is 9.84 Å². The molecule has 1 unspecified atom stereocenters. The van der Waals surface area contributed by atoms with E-state index in [0.717, 1.165) is 5.75 Å². The molecule has 4 heteroatoms. The minimum Gasteiger partial charge on any atom is -0.488 e. The highest BCUT2D eigenvalue weighted by Gasteiger charge is 2.30. The van der Waals surface area contributed by atoms with Crippen molar-refractivity contribution in [3.05, 3.63) is 24.3 Å². The molecule has 1 aromatic carbocycles. The third kappa shape index (κ3) is 9.14. The molecule has 0 bridgehead atoms. The zero-order chi connectivity index (χ0) is 20.3. The molecular formula is C23H40O3S. The number of benzene rings is 1. The molecule has 0 fully saturated rings. The second-order valence-electron chi connectivity index (χ2n) is 8.34. The van der Waals surface area contributed by atoms with Gasteiger partial charge in [-0.05, 0) is 56.9 Å². The lowest BCUT2D eigenvalue weighted by molar-refractivity contribution is 0.0325. The van der Waals surface area contributed by atoms with Gasteiger partial charge in [0.05, 0.1) is 4.90 Å². The topological polar surface area (TPSA) is 43.4 Å². The first-order valence-electron chi connectivity index (χ1n) is 10.7. The Kier molecular flexibility index (Phi) is 10.4. The summed E-state index contributed by atoms with van der Waals surface area (Å²) >= 11 is 0. The molecule has 1 aromatic rings. The molecule has 27 heavy (non-hydrogen) atoms. The van der Waals surface area contributed by atoms with E-state index in [0.29, 0.717) is 10.8 Å². The Morgan fingerprint density at radius 2 is 1.37 bits per heavy atom. The van der Waals surface area contributed by atoms with Crippen LogP contribution in [0.4, 0.5) is 0 Å². The summed E-state index contributed by atoms with van der Waals surface area (Å²) < 4.78 is 29.6. The summed E-state index contributed by atoms with van der Waals surface area (Å²) in [5.41, 5.74) is -0.259. The fraction of sp³-hybridized carbons (Fsp3) is 0.739. The predicted octanol–water partition coefficient (Wildman–Crippen LogP) is 6.80. The van der Waals surface area contributed by atoms with Crippen LogP contribution in [0.5, 0.6) is 5.75 Å². The maximum absolute atomic E-state index is 11.6. The Hall–Kier alpha value is -1.03. The number of hydrogen-bond donors (Lipinski definition) is 0. The van der Waals surface area contributed by atoms with Crippen molar-refractivity contribution >= 4 is 9.84 Å². The van der Waals surface area contributed by atoms with E-state index in [9.17, 15) is 8.42 Å². The van der Waals surface area contributed by atoms with Crippen LogP contribution in [0.2, 0.25) is 0 Å². The van der Waals surface area contributed by atoms with E-state index in [4.69, 9.17) is 4.74 Å². The van der Waals surface area contributed by atoms with Gasteiger partial charge < -0.3 is 4.74 Å². The van der Waals surface area contributed by atoms with Crippen LogP contribution in [-0.4, -0.2) is 20.3 Å². The summed E-state index contributed by atoms with van der Waals surface area (Å²) in [6, 6.07) is 6.82. The van der Waals surface area contributed by atoms with Gasteiger partial charge >= 0.3 is 0 Å². The lowest BCUT2D eigenvalue weighted by Gasteiger charge is -2.35. The molecule has 0 radical (unpaired) electrons. The van der Waals surface area contributed by atoms with Crippen LogP contribution in [0.15, 0.2) is 29.2 Å². The fourth-order valence-electron chi connectivity index (χ4n) is 3.60. The van der Waals surface area contributed by atoms with Crippen molar-refractivity contribution in [2.45, 2.75) is 102 Å². The molecular weight excluding hydrogens is 356 g/mol. The van der Waals surface area contributed by atoms with Crippen LogP contribution < -0.4 is 4.74 Å². The lowest BCUT2D eigenvalue weighted by Crippen LogP contribution is -2.37. The molecule has 0 spiro atoms. The zero-order valence-electron chi connectivity index (χ0n) is 18.1. The van der Waals surface area contributed by atoms with Gasteiger partial charge in [-0.3, -0.25) is 0 Å². The van der Waals surface area contributed by atoms with Gasteiger partial charge in [0.1, 0.15) is 11.4 Å². The number of rotatable bonds is 14. The molecule has 1 rings (SSSR count). The Morgan fingerprint density at radius 1 is 0.852 bits per heavy atom. The average Bonchev–Trinajstić information content (AvgIpc) is 2.59. The Balaban J connectivity index is 2.68. The van der Waals surface area contributed by atoms with Gasteiger partial charge in [-0.15, -0.1) is 0 Å². The van der Waals surface area contributed by atoms with Crippen molar-refractivity contribution in [3.8, 4) is 5.75 Å². The van der Waals surface area contributed by atoms with E-state index in [1.807, 2.05) is 0 Å². The summed E-state index contributed by atoms with van der Waals surface area (Å²) in [6.07, 6.45) is 13.9. The SMILES string of the molecule is CCCCCCCCC(CCCC)C(C)(C)Oc1ccc(S(C)(=O)=O)cc1. The van der Waals surface area contributed by atoms with Gasteiger partial charge in [0.25, 0.3) is 0 Å². The Labute approximate surface area is 167 Å². The molecule has 156 valence electrons. The van der Waals surface area contributed by atoms with E-state index in [1.165, 1.54) is 70.5 Å². The van der Waals surface area contributed by atoms with Gasteiger partial charge in [0, 0.05) is 6.26 Å². The third-order valence-corrected chi connectivity index (χ3v) is 6.56. The first kappa shape index (κ1) is 24.0. The van der Waals surface area contributed by atoms with Gasteiger partial charge in [0.2, 0.25) is 0 Å². The zero-order valence-corrected chi connectivity index (χ0v) is 18.9. The molecule has 0 aliphatic heterocycles. The molecule has 3 nitrogen and oxygen atoms in total. The van der Waals surface area contributed by atoms with Crippen molar-refractivity contribution in [2.24, 2.45) is 5.92 Å². The summed E-state index contributed by atoms with van der Waals surface area (Å²) in [7, 11) is -3.17. The molecule has 0 aromatic heterocycles. The van der Waals surface area contributed by atoms with Crippen molar-refractivity contribution in [2.75, 3.05) is 6.26 Å². The lowest BCUT2D eigenvalue weighted by atomic mass is 9.82. The summed E-state index contributed by atoms with van der Waals surface area (Å²) in [5, 5.41) is 0. The maximum atomic E-state index is 11.6. The molecule has 0 amide bonds. The number of sulfone groups is 1. The average molecular weight is 397 g/mol.